The molecule has 0 aromatic carbocycles. The number of aryl methyl sites for hydroxylation is 1. The fourth-order valence-corrected chi connectivity index (χ4v) is 1.52. The highest BCUT2D eigenvalue weighted by molar-refractivity contribution is 9.10. The first-order valence-electron chi connectivity index (χ1n) is 4.70. The second-order valence-corrected chi connectivity index (χ2v) is 4.17. The molecule has 92 valence electrons. The van der Waals surface area contributed by atoms with Crippen LogP contribution in [0.3, 0.4) is 0 Å². The van der Waals surface area contributed by atoms with Gasteiger partial charge in [0, 0.05) is 10.7 Å². The fraction of sp³-hybridized carbons (Fsp3) is 0.300. The van der Waals surface area contributed by atoms with E-state index in [4.69, 9.17) is 5.11 Å². The molecule has 0 saturated heterocycles. The lowest BCUT2D eigenvalue weighted by Crippen LogP contribution is -2.21. The summed E-state index contributed by atoms with van der Waals surface area (Å²) in [7, 11) is 0. The minimum absolute atomic E-state index is 0.316. The van der Waals surface area contributed by atoms with Crippen molar-refractivity contribution >= 4 is 33.6 Å². The Morgan fingerprint density at radius 3 is 2.82 bits per heavy atom. The highest BCUT2D eigenvalue weighted by atomic mass is 79.9. The molecule has 0 bridgehead atoms. The average molecular weight is 303 g/mol. The maximum absolute atomic E-state index is 11.4. The molecule has 0 aliphatic heterocycles. The SMILES string of the molecule is Cc1cc(Br)cnc1NC(=O)COCC(=O)O. The van der Waals surface area contributed by atoms with Crippen molar-refractivity contribution in [1.29, 1.82) is 0 Å². The van der Waals surface area contributed by atoms with Crippen LogP contribution in [0.5, 0.6) is 0 Å². The van der Waals surface area contributed by atoms with Gasteiger partial charge in [0.2, 0.25) is 0 Å². The zero-order valence-corrected chi connectivity index (χ0v) is 10.7. The van der Waals surface area contributed by atoms with Crippen molar-refractivity contribution in [2.45, 2.75) is 6.92 Å². The topological polar surface area (TPSA) is 88.5 Å². The number of carboxylic acid groups (broad SMARTS) is 1. The minimum Gasteiger partial charge on any atom is -0.480 e. The predicted octanol–water partition coefficient (Wildman–Crippen LogP) is 1.19. The van der Waals surface area contributed by atoms with E-state index in [0.29, 0.717) is 5.82 Å². The standard InChI is InChI=1S/C10H11BrN2O4/c1-6-2-7(11)3-12-10(6)13-8(14)4-17-5-9(15)16/h2-3H,4-5H2,1H3,(H,15,16)(H,12,13,14). The Labute approximate surface area is 106 Å². The quantitative estimate of drug-likeness (QED) is 0.853. The van der Waals surface area contributed by atoms with Crippen molar-refractivity contribution in [2.75, 3.05) is 18.5 Å². The summed E-state index contributed by atoms with van der Waals surface area (Å²) in [5, 5.41) is 10.8. The summed E-state index contributed by atoms with van der Waals surface area (Å²) < 4.78 is 5.46. The van der Waals surface area contributed by atoms with Gasteiger partial charge in [-0.1, -0.05) is 0 Å². The number of pyridine rings is 1. The number of hydrogen-bond acceptors (Lipinski definition) is 4. The summed E-state index contributed by atoms with van der Waals surface area (Å²) in [5.41, 5.74) is 0.797. The first kappa shape index (κ1) is 13.6. The second-order valence-electron chi connectivity index (χ2n) is 3.25. The third-order valence-electron chi connectivity index (χ3n) is 1.76. The minimum atomic E-state index is -1.12. The number of ether oxygens (including phenoxy) is 1. The number of nitrogens with zero attached hydrogens (tertiary/aromatic N) is 1. The second kappa shape index (κ2) is 6.31. The zero-order chi connectivity index (χ0) is 12.8. The number of aliphatic carboxylic acids is 1. The van der Waals surface area contributed by atoms with Crippen molar-refractivity contribution in [3.05, 3.63) is 22.3 Å². The molecule has 1 aromatic heterocycles. The van der Waals surface area contributed by atoms with Crippen molar-refractivity contribution in [1.82, 2.24) is 4.98 Å². The lowest BCUT2D eigenvalue weighted by atomic mass is 10.3. The number of carboxylic acids is 1. The van der Waals surface area contributed by atoms with Crippen LogP contribution in [-0.4, -0.2) is 35.2 Å². The Bertz CT molecular complexity index is 436. The number of halogens is 1. The number of carbonyl (C=O) groups excluding carboxylic acids is 1. The van der Waals surface area contributed by atoms with Crippen LogP contribution in [0.15, 0.2) is 16.7 Å². The lowest BCUT2D eigenvalue weighted by molar-refractivity contribution is -0.143. The zero-order valence-electron chi connectivity index (χ0n) is 9.07. The van der Waals surface area contributed by atoms with Crippen LogP contribution >= 0.6 is 15.9 Å². The molecule has 1 amide bonds. The molecule has 7 heteroatoms. The summed E-state index contributed by atoms with van der Waals surface area (Å²) in [6.07, 6.45) is 1.56. The van der Waals surface area contributed by atoms with Gasteiger partial charge in [0.1, 0.15) is 19.0 Å². The molecule has 17 heavy (non-hydrogen) atoms. The molecule has 0 aliphatic rings. The molecular weight excluding hydrogens is 292 g/mol. The molecule has 0 saturated carbocycles. The molecule has 1 rings (SSSR count). The molecule has 0 aliphatic carbocycles. The first-order valence-corrected chi connectivity index (χ1v) is 5.50. The Morgan fingerprint density at radius 1 is 1.53 bits per heavy atom. The van der Waals surface area contributed by atoms with E-state index in [0.717, 1.165) is 10.0 Å². The summed E-state index contributed by atoms with van der Waals surface area (Å²) in [4.78, 5) is 25.5. The van der Waals surface area contributed by atoms with Gasteiger partial charge in [0.25, 0.3) is 5.91 Å². The van der Waals surface area contributed by atoms with Crippen LogP contribution < -0.4 is 5.32 Å². The van der Waals surface area contributed by atoms with Gasteiger partial charge in [0.05, 0.1) is 0 Å². The van der Waals surface area contributed by atoms with E-state index >= 15 is 0 Å². The van der Waals surface area contributed by atoms with E-state index in [1.807, 2.05) is 0 Å². The third kappa shape index (κ3) is 4.92. The summed E-state index contributed by atoms with van der Waals surface area (Å²) in [6, 6.07) is 1.81. The van der Waals surface area contributed by atoms with E-state index in [1.165, 1.54) is 0 Å². The van der Waals surface area contributed by atoms with Gasteiger partial charge in [-0.3, -0.25) is 4.79 Å². The number of aromatic nitrogens is 1. The highest BCUT2D eigenvalue weighted by Gasteiger charge is 2.07. The highest BCUT2D eigenvalue weighted by Crippen LogP contribution is 2.16. The smallest absolute Gasteiger partial charge is 0.329 e. The molecule has 6 nitrogen and oxygen atoms in total. The first-order chi connectivity index (χ1) is 7.99. The third-order valence-corrected chi connectivity index (χ3v) is 2.20. The molecule has 0 unspecified atom stereocenters. The van der Waals surface area contributed by atoms with Gasteiger partial charge in [0.15, 0.2) is 0 Å². The van der Waals surface area contributed by atoms with Crippen LogP contribution in [0.25, 0.3) is 0 Å². The van der Waals surface area contributed by atoms with Gasteiger partial charge in [-0.2, -0.15) is 0 Å². The van der Waals surface area contributed by atoms with E-state index in [2.05, 4.69) is 31.0 Å². The van der Waals surface area contributed by atoms with Crippen molar-refractivity contribution in [3.63, 3.8) is 0 Å². The maximum Gasteiger partial charge on any atom is 0.329 e. The summed E-state index contributed by atoms with van der Waals surface area (Å²) >= 11 is 3.26. The van der Waals surface area contributed by atoms with Crippen LogP contribution in [-0.2, 0) is 14.3 Å². The normalized spacial score (nSPS) is 10.0. The molecule has 0 atom stereocenters. The van der Waals surface area contributed by atoms with Gasteiger partial charge in [-0.15, -0.1) is 0 Å². The van der Waals surface area contributed by atoms with E-state index in [-0.39, 0.29) is 6.61 Å². The maximum atomic E-state index is 11.4. The monoisotopic (exact) mass is 302 g/mol. The molecular formula is C10H11BrN2O4. The van der Waals surface area contributed by atoms with Crippen LogP contribution in [0, 0.1) is 6.92 Å². The van der Waals surface area contributed by atoms with Gasteiger partial charge >= 0.3 is 5.97 Å². The van der Waals surface area contributed by atoms with Crippen molar-refractivity contribution in [3.8, 4) is 0 Å². The number of hydrogen-bond donors (Lipinski definition) is 2. The molecule has 0 radical (unpaired) electrons. The molecule has 2 N–H and O–H groups in total. The average Bonchev–Trinajstić information content (AvgIpc) is 2.21. The molecule has 1 aromatic rings. The van der Waals surface area contributed by atoms with Gasteiger partial charge in [-0.05, 0) is 34.5 Å². The largest absolute Gasteiger partial charge is 0.480 e. The fourth-order valence-electron chi connectivity index (χ4n) is 1.07. The van der Waals surface area contributed by atoms with Gasteiger partial charge in [-0.25, -0.2) is 9.78 Å². The predicted molar refractivity (Wildman–Crippen MR) is 63.8 cm³/mol. The Hall–Kier alpha value is -1.47. The Kier molecular flexibility index (Phi) is 5.05. The molecule has 0 spiro atoms. The number of anilines is 1. The Morgan fingerprint density at radius 2 is 2.24 bits per heavy atom. The number of carbonyl (C=O) groups is 2. The summed E-state index contributed by atoms with van der Waals surface area (Å²) in [6.45, 7) is 0.981. The van der Waals surface area contributed by atoms with Gasteiger partial charge < -0.3 is 15.2 Å². The van der Waals surface area contributed by atoms with E-state index in [9.17, 15) is 9.59 Å². The van der Waals surface area contributed by atoms with Crippen molar-refractivity contribution < 1.29 is 19.4 Å². The van der Waals surface area contributed by atoms with E-state index < -0.39 is 18.5 Å². The Balaban J connectivity index is 2.48. The number of amides is 1. The molecule has 0 fully saturated rings. The van der Waals surface area contributed by atoms with Crippen LogP contribution in [0.4, 0.5) is 5.82 Å². The summed E-state index contributed by atoms with van der Waals surface area (Å²) in [5.74, 6) is -1.13. The van der Waals surface area contributed by atoms with E-state index in [1.54, 1.807) is 19.2 Å². The number of rotatable bonds is 5. The molecule has 1 heterocycles. The lowest BCUT2D eigenvalue weighted by Gasteiger charge is -2.07. The van der Waals surface area contributed by atoms with Crippen LogP contribution in [0.1, 0.15) is 5.56 Å². The van der Waals surface area contributed by atoms with Crippen LogP contribution in [0.2, 0.25) is 0 Å². The van der Waals surface area contributed by atoms with Crippen molar-refractivity contribution in [2.24, 2.45) is 0 Å². The number of nitrogens with one attached hydrogen (secondary N) is 1.